The van der Waals surface area contributed by atoms with E-state index in [-0.39, 0.29) is 11.7 Å². The summed E-state index contributed by atoms with van der Waals surface area (Å²) in [6.07, 6.45) is 0.585. The first kappa shape index (κ1) is 21.6. The van der Waals surface area contributed by atoms with E-state index in [4.69, 9.17) is 4.74 Å². The molecule has 2 aromatic carbocycles. The Labute approximate surface area is 185 Å². The molecule has 1 saturated heterocycles. The van der Waals surface area contributed by atoms with Gasteiger partial charge in [0.2, 0.25) is 0 Å². The van der Waals surface area contributed by atoms with Crippen molar-refractivity contribution in [3.8, 4) is 0 Å². The highest BCUT2D eigenvalue weighted by Crippen LogP contribution is 2.21. The maximum Gasteiger partial charge on any atom is 0.263 e. The number of rotatable bonds is 7. The summed E-state index contributed by atoms with van der Waals surface area (Å²) in [6.45, 7) is 6.58. The van der Waals surface area contributed by atoms with Crippen LogP contribution in [-0.2, 0) is 24.2 Å². The van der Waals surface area contributed by atoms with Gasteiger partial charge in [-0.3, -0.25) is 9.69 Å². The lowest BCUT2D eigenvalue weighted by Gasteiger charge is -2.27. The minimum absolute atomic E-state index is 0.110. The molecule has 0 unspecified atom stereocenters. The Bertz CT molecular complexity index is 1030. The Kier molecular flexibility index (Phi) is 7.06. The Morgan fingerprint density at radius 2 is 1.84 bits per heavy atom. The van der Waals surface area contributed by atoms with Gasteiger partial charge in [-0.2, -0.15) is 0 Å². The predicted octanol–water partition coefficient (Wildman–Crippen LogP) is 3.94. The molecule has 1 aromatic heterocycles. The number of aryl methyl sites for hydroxylation is 1. The van der Waals surface area contributed by atoms with E-state index in [9.17, 15) is 9.18 Å². The molecule has 3 aromatic rings. The fraction of sp³-hybridized carbons (Fsp3) is 0.333. The van der Waals surface area contributed by atoms with Gasteiger partial charge in [0.1, 0.15) is 10.7 Å². The molecule has 0 bridgehead atoms. The van der Waals surface area contributed by atoms with Crippen molar-refractivity contribution in [2.75, 3.05) is 26.3 Å². The van der Waals surface area contributed by atoms with Crippen molar-refractivity contribution in [2.24, 2.45) is 0 Å². The molecule has 1 aliphatic rings. The summed E-state index contributed by atoms with van der Waals surface area (Å²) in [4.78, 5) is 20.4. The largest absolute Gasteiger partial charge is 0.379 e. The number of nitrogens with zero attached hydrogens (tertiary/aromatic N) is 2. The van der Waals surface area contributed by atoms with Gasteiger partial charge in [-0.25, -0.2) is 9.37 Å². The highest BCUT2D eigenvalue weighted by Gasteiger charge is 2.17. The number of amides is 1. The zero-order chi connectivity index (χ0) is 21.6. The molecule has 1 fully saturated rings. The molecule has 0 saturated carbocycles. The SMILES string of the molecule is Cc1nc(Cc2ccc(F)cc2)sc1C(=O)NCc1ccccc1CN1CCOCC1. The molecule has 1 N–H and O–H groups in total. The number of benzene rings is 2. The summed E-state index contributed by atoms with van der Waals surface area (Å²) < 4.78 is 18.5. The van der Waals surface area contributed by atoms with E-state index in [0.717, 1.165) is 54.7 Å². The maximum absolute atomic E-state index is 13.1. The lowest BCUT2D eigenvalue weighted by Crippen LogP contribution is -2.36. The normalized spacial score (nSPS) is 14.5. The van der Waals surface area contributed by atoms with E-state index in [1.54, 1.807) is 12.1 Å². The number of morpholine rings is 1. The molecular formula is C24H26FN3O2S. The Morgan fingerprint density at radius 3 is 2.58 bits per heavy atom. The van der Waals surface area contributed by atoms with Gasteiger partial charge in [0, 0.05) is 32.6 Å². The van der Waals surface area contributed by atoms with E-state index >= 15 is 0 Å². The summed E-state index contributed by atoms with van der Waals surface area (Å²) in [6, 6.07) is 14.6. The van der Waals surface area contributed by atoms with Crippen molar-refractivity contribution in [1.29, 1.82) is 0 Å². The molecule has 0 atom stereocenters. The average molecular weight is 440 g/mol. The van der Waals surface area contributed by atoms with Crippen LogP contribution in [0.5, 0.6) is 0 Å². The highest BCUT2D eigenvalue weighted by molar-refractivity contribution is 7.13. The third-order valence-electron chi connectivity index (χ3n) is 5.37. The smallest absolute Gasteiger partial charge is 0.263 e. The summed E-state index contributed by atoms with van der Waals surface area (Å²) in [5.74, 6) is -0.366. The van der Waals surface area contributed by atoms with Crippen LogP contribution in [0.15, 0.2) is 48.5 Å². The topological polar surface area (TPSA) is 54.5 Å². The van der Waals surface area contributed by atoms with Gasteiger partial charge >= 0.3 is 0 Å². The summed E-state index contributed by atoms with van der Waals surface area (Å²) >= 11 is 1.40. The lowest BCUT2D eigenvalue weighted by atomic mass is 10.1. The molecule has 2 heterocycles. The third-order valence-corrected chi connectivity index (χ3v) is 6.53. The Morgan fingerprint density at radius 1 is 1.13 bits per heavy atom. The van der Waals surface area contributed by atoms with Crippen molar-refractivity contribution in [3.63, 3.8) is 0 Å². The fourth-order valence-corrected chi connectivity index (χ4v) is 4.67. The Hall–Kier alpha value is -2.61. The van der Waals surface area contributed by atoms with E-state index in [1.165, 1.54) is 29.0 Å². The molecule has 0 radical (unpaired) electrons. The fourth-order valence-electron chi connectivity index (χ4n) is 3.66. The summed E-state index contributed by atoms with van der Waals surface area (Å²) in [5, 5.41) is 3.91. The predicted molar refractivity (Wildman–Crippen MR) is 120 cm³/mol. The van der Waals surface area contributed by atoms with Gasteiger partial charge in [-0.05, 0) is 35.7 Å². The number of ether oxygens (including phenoxy) is 1. The first-order valence-electron chi connectivity index (χ1n) is 10.4. The quantitative estimate of drug-likeness (QED) is 0.606. The maximum atomic E-state index is 13.1. The van der Waals surface area contributed by atoms with E-state index in [1.807, 2.05) is 19.1 Å². The van der Waals surface area contributed by atoms with Crippen LogP contribution in [0.4, 0.5) is 4.39 Å². The van der Waals surface area contributed by atoms with Crippen LogP contribution in [0, 0.1) is 12.7 Å². The molecular weight excluding hydrogens is 413 g/mol. The zero-order valence-electron chi connectivity index (χ0n) is 17.6. The molecule has 0 spiro atoms. The van der Waals surface area contributed by atoms with Gasteiger partial charge in [0.15, 0.2) is 0 Å². The van der Waals surface area contributed by atoms with Gasteiger partial charge in [-0.1, -0.05) is 36.4 Å². The standard InChI is InChI=1S/C24H26FN3O2S/c1-17-23(31-22(27-17)14-18-6-8-21(25)9-7-18)24(29)26-15-19-4-2-3-5-20(19)16-28-10-12-30-13-11-28/h2-9H,10-16H2,1H3,(H,26,29). The number of aromatic nitrogens is 1. The van der Waals surface area contributed by atoms with E-state index in [2.05, 4.69) is 27.3 Å². The highest BCUT2D eigenvalue weighted by atomic mass is 32.1. The van der Waals surface area contributed by atoms with Gasteiger partial charge < -0.3 is 10.1 Å². The van der Waals surface area contributed by atoms with Gasteiger partial charge in [0.25, 0.3) is 5.91 Å². The molecule has 162 valence electrons. The number of hydrogen-bond acceptors (Lipinski definition) is 5. The van der Waals surface area contributed by atoms with E-state index in [0.29, 0.717) is 17.8 Å². The van der Waals surface area contributed by atoms with Crippen molar-refractivity contribution in [1.82, 2.24) is 15.2 Å². The molecule has 0 aliphatic carbocycles. The van der Waals surface area contributed by atoms with E-state index < -0.39 is 0 Å². The molecule has 1 aliphatic heterocycles. The van der Waals surface area contributed by atoms with Crippen LogP contribution in [0.2, 0.25) is 0 Å². The van der Waals surface area contributed by atoms with Crippen molar-refractivity contribution in [3.05, 3.63) is 86.6 Å². The third kappa shape index (κ3) is 5.76. The van der Waals surface area contributed by atoms with Crippen LogP contribution in [0.3, 0.4) is 0 Å². The first-order chi connectivity index (χ1) is 15.1. The minimum Gasteiger partial charge on any atom is -0.379 e. The lowest BCUT2D eigenvalue weighted by molar-refractivity contribution is 0.0340. The molecule has 5 nitrogen and oxygen atoms in total. The Balaban J connectivity index is 1.39. The molecule has 4 rings (SSSR count). The van der Waals surface area contributed by atoms with Gasteiger partial charge in [0.05, 0.1) is 23.9 Å². The second-order valence-corrected chi connectivity index (χ2v) is 8.75. The first-order valence-corrected chi connectivity index (χ1v) is 11.3. The number of carbonyl (C=O) groups excluding carboxylic acids is 1. The number of nitrogens with one attached hydrogen (secondary N) is 1. The number of carbonyl (C=O) groups is 1. The average Bonchev–Trinajstić information content (AvgIpc) is 3.15. The summed E-state index contributed by atoms with van der Waals surface area (Å²) in [7, 11) is 0. The van der Waals surface area contributed by atoms with Crippen LogP contribution in [-0.4, -0.2) is 42.1 Å². The van der Waals surface area contributed by atoms with Crippen LogP contribution in [0.25, 0.3) is 0 Å². The monoisotopic (exact) mass is 439 g/mol. The van der Waals surface area contributed by atoms with Gasteiger partial charge in [-0.15, -0.1) is 11.3 Å². The van der Waals surface area contributed by atoms with Crippen molar-refractivity contribution < 1.29 is 13.9 Å². The second-order valence-electron chi connectivity index (χ2n) is 7.67. The number of thiazole rings is 1. The number of halogens is 1. The second kappa shape index (κ2) is 10.1. The molecule has 1 amide bonds. The van der Waals surface area contributed by atoms with Crippen LogP contribution < -0.4 is 5.32 Å². The van der Waals surface area contributed by atoms with Crippen molar-refractivity contribution in [2.45, 2.75) is 26.4 Å². The van der Waals surface area contributed by atoms with Crippen LogP contribution in [0.1, 0.15) is 37.1 Å². The molecule has 31 heavy (non-hydrogen) atoms. The van der Waals surface area contributed by atoms with Crippen molar-refractivity contribution >= 4 is 17.2 Å². The molecule has 7 heteroatoms. The minimum atomic E-state index is -0.256. The van der Waals surface area contributed by atoms with Crippen LogP contribution >= 0.6 is 11.3 Å². The summed E-state index contributed by atoms with van der Waals surface area (Å²) in [5.41, 5.74) is 4.04. The number of hydrogen-bond donors (Lipinski definition) is 1. The zero-order valence-corrected chi connectivity index (χ0v) is 18.4.